The van der Waals surface area contributed by atoms with E-state index in [9.17, 15) is 4.79 Å². The van der Waals surface area contributed by atoms with E-state index in [0.29, 0.717) is 0 Å². The zero-order valence-corrected chi connectivity index (χ0v) is 3.22. The molecule has 34 valence electrons. The second-order valence-electron chi connectivity index (χ2n) is 0.945. The van der Waals surface area contributed by atoms with Crippen molar-refractivity contribution in [3.8, 4) is 0 Å². The highest BCUT2D eigenvalue weighted by molar-refractivity contribution is 5.73. The van der Waals surface area contributed by atoms with Crippen LogP contribution in [0.4, 0.5) is 0 Å². The van der Waals surface area contributed by atoms with E-state index >= 15 is 0 Å². The van der Waals surface area contributed by atoms with Crippen LogP contribution in [0, 0.1) is 6.92 Å². The predicted molar refractivity (Wildman–Crippen MR) is 21.0 cm³/mol. The second kappa shape index (κ2) is 1.67. The van der Waals surface area contributed by atoms with Crippen LogP contribution >= 0.6 is 0 Å². The summed E-state index contributed by atoms with van der Waals surface area (Å²) in [5, 5.41) is 7.80. The smallest absolute Gasteiger partial charge is 0.367 e. The zero-order valence-electron chi connectivity index (χ0n) is 3.22. The predicted octanol–water partition coefficient (Wildman–Crippen LogP) is -0.768. The molecule has 0 aromatic heterocycles. The highest BCUT2D eigenvalue weighted by Crippen LogP contribution is 1.67. The lowest BCUT2D eigenvalue weighted by Gasteiger charge is -1.82. The number of hydrogen-bond donors (Lipinski definition) is 2. The Labute approximate surface area is 35.8 Å². The van der Waals surface area contributed by atoms with Crippen molar-refractivity contribution in [2.45, 2.75) is 6.04 Å². The minimum atomic E-state index is -1.07. The number of carbonyl (C=O) groups is 1. The molecule has 0 aliphatic carbocycles. The summed E-state index contributed by atoms with van der Waals surface area (Å²) in [5.41, 5.74) is 4.72. The molecule has 3 nitrogen and oxygen atoms in total. The number of nitrogens with two attached hydrogens (primary N) is 1. The fourth-order valence-corrected chi connectivity index (χ4v) is 0. The van der Waals surface area contributed by atoms with E-state index in [-0.39, 0.29) is 0 Å². The summed E-state index contributed by atoms with van der Waals surface area (Å²) < 4.78 is 0. The van der Waals surface area contributed by atoms with Crippen molar-refractivity contribution in [3.63, 3.8) is 0 Å². The SMILES string of the molecule is [CH2+]C(N)C(=O)O. The molecule has 0 aromatic carbocycles. The van der Waals surface area contributed by atoms with Gasteiger partial charge in [0.25, 0.3) is 0 Å². The fourth-order valence-electron chi connectivity index (χ4n) is 0. The lowest BCUT2D eigenvalue weighted by molar-refractivity contribution is -0.137. The first-order valence-corrected chi connectivity index (χ1v) is 1.46. The maximum absolute atomic E-state index is 9.51. The summed E-state index contributed by atoms with van der Waals surface area (Å²) in [5.74, 6) is -1.07. The van der Waals surface area contributed by atoms with Crippen molar-refractivity contribution in [1.29, 1.82) is 0 Å². The van der Waals surface area contributed by atoms with E-state index in [0.717, 1.165) is 0 Å². The third-order valence-electron chi connectivity index (χ3n) is 0.317. The molecule has 0 radical (unpaired) electrons. The molecule has 3 heteroatoms. The first kappa shape index (κ1) is 5.30. The van der Waals surface area contributed by atoms with Crippen LogP contribution in [0.3, 0.4) is 0 Å². The largest absolute Gasteiger partial charge is 0.477 e. The highest BCUT2D eigenvalue weighted by Gasteiger charge is 2.08. The topological polar surface area (TPSA) is 63.3 Å². The first-order chi connectivity index (χ1) is 2.64. The summed E-state index contributed by atoms with van der Waals surface area (Å²) in [7, 11) is 0. The zero-order chi connectivity index (χ0) is 5.15. The molecule has 0 aliphatic rings. The van der Waals surface area contributed by atoms with Crippen molar-refractivity contribution in [1.82, 2.24) is 0 Å². The Balaban J connectivity index is 3.26. The van der Waals surface area contributed by atoms with Gasteiger partial charge in [0.05, 0.1) is 6.92 Å². The van der Waals surface area contributed by atoms with Gasteiger partial charge in [0.1, 0.15) is 0 Å². The highest BCUT2D eigenvalue weighted by atomic mass is 16.4. The summed E-state index contributed by atoms with van der Waals surface area (Å²) in [6.07, 6.45) is 0. The minimum absolute atomic E-state index is 0.981. The summed E-state index contributed by atoms with van der Waals surface area (Å²) in [4.78, 5) is 9.51. The van der Waals surface area contributed by atoms with Gasteiger partial charge in [0.2, 0.25) is 6.04 Å². The van der Waals surface area contributed by atoms with Gasteiger partial charge in [-0.25, -0.2) is 4.79 Å². The Morgan fingerprint density at radius 2 is 2.17 bits per heavy atom. The van der Waals surface area contributed by atoms with E-state index in [4.69, 9.17) is 10.8 Å². The van der Waals surface area contributed by atoms with Gasteiger partial charge >= 0.3 is 5.97 Å². The summed E-state index contributed by atoms with van der Waals surface area (Å²) in [6.45, 7) is 3.02. The van der Waals surface area contributed by atoms with Crippen LogP contribution in [0.15, 0.2) is 0 Å². The van der Waals surface area contributed by atoms with Gasteiger partial charge in [-0.05, 0) is 0 Å². The van der Waals surface area contributed by atoms with Gasteiger partial charge in [0, 0.05) is 0 Å². The van der Waals surface area contributed by atoms with Crippen molar-refractivity contribution in [2.24, 2.45) is 5.73 Å². The van der Waals surface area contributed by atoms with Crippen LogP contribution < -0.4 is 5.73 Å². The van der Waals surface area contributed by atoms with Crippen LogP contribution in [0.25, 0.3) is 0 Å². The summed E-state index contributed by atoms with van der Waals surface area (Å²) in [6, 6.07) is -0.981. The van der Waals surface area contributed by atoms with Gasteiger partial charge in [-0.2, -0.15) is 0 Å². The Kier molecular flexibility index (Phi) is 1.47. The van der Waals surface area contributed by atoms with E-state index in [1.54, 1.807) is 0 Å². The molecule has 0 aromatic rings. The minimum Gasteiger partial charge on any atom is -0.477 e. The molecular formula is C3H6NO2+. The van der Waals surface area contributed by atoms with Gasteiger partial charge < -0.3 is 5.11 Å². The summed E-state index contributed by atoms with van der Waals surface area (Å²) >= 11 is 0. The number of carboxylic acid groups (broad SMARTS) is 1. The second-order valence-corrected chi connectivity index (χ2v) is 0.945. The molecule has 1 unspecified atom stereocenters. The molecular weight excluding hydrogens is 82.0 g/mol. The normalized spacial score (nSPS) is 13.5. The first-order valence-electron chi connectivity index (χ1n) is 1.46. The molecule has 0 spiro atoms. The number of aliphatic carboxylic acids is 1. The Morgan fingerprint density at radius 1 is 2.00 bits per heavy atom. The fraction of sp³-hybridized carbons (Fsp3) is 0.333. The van der Waals surface area contributed by atoms with Crippen molar-refractivity contribution in [3.05, 3.63) is 6.92 Å². The molecule has 0 saturated carbocycles. The number of carboxylic acids is 1. The van der Waals surface area contributed by atoms with Crippen molar-refractivity contribution < 1.29 is 9.90 Å². The Bertz CT molecular complexity index is 59.8. The standard InChI is InChI=1S/C3H5NO2/c1-2(4)3(5)6/h2H,1,4H2/p+1. The molecule has 6 heavy (non-hydrogen) atoms. The van der Waals surface area contributed by atoms with Crippen LogP contribution in [-0.2, 0) is 4.79 Å². The molecule has 0 amide bonds. The van der Waals surface area contributed by atoms with Gasteiger partial charge in [-0.3, -0.25) is 5.73 Å². The maximum Gasteiger partial charge on any atom is 0.367 e. The van der Waals surface area contributed by atoms with Crippen molar-refractivity contribution in [2.75, 3.05) is 0 Å². The monoisotopic (exact) mass is 88.0 g/mol. The van der Waals surface area contributed by atoms with E-state index in [2.05, 4.69) is 6.92 Å². The van der Waals surface area contributed by atoms with Crippen LogP contribution in [0.2, 0.25) is 0 Å². The maximum atomic E-state index is 9.51. The number of rotatable bonds is 1. The average molecular weight is 88.1 g/mol. The number of hydrogen-bond acceptors (Lipinski definition) is 2. The Morgan fingerprint density at radius 3 is 2.17 bits per heavy atom. The van der Waals surface area contributed by atoms with Gasteiger partial charge in [0.15, 0.2) is 0 Å². The average Bonchev–Trinajstić information content (AvgIpc) is 1.36. The molecule has 0 aliphatic heterocycles. The quantitative estimate of drug-likeness (QED) is 0.414. The molecule has 0 saturated heterocycles. The molecule has 0 heterocycles. The third-order valence-corrected chi connectivity index (χ3v) is 0.317. The molecule has 0 fully saturated rings. The lowest BCUT2D eigenvalue weighted by atomic mass is 10.4. The van der Waals surface area contributed by atoms with Crippen molar-refractivity contribution >= 4 is 5.97 Å². The van der Waals surface area contributed by atoms with Gasteiger partial charge in [-0.15, -0.1) is 0 Å². The Hall–Kier alpha value is -0.700. The lowest BCUT2D eigenvalue weighted by Crippen LogP contribution is -2.25. The van der Waals surface area contributed by atoms with Gasteiger partial charge in [-0.1, -0.05) is 0 Å². The van der Waals surface area contributed by atoms with E-state index < -0.39 is 12.0 Å². The van der Waals surface area contributed by atoms with E-state index in [1.807, 2.05) is 0 Å². The van der Waals surface area contributed by atoms with Crippen LogP contribution in [0.5, 0.6) is 0 Å². The molecule has 1 atom stereocenters. The van der Waals surface area contributed by atoms with Crippen LogP contribution in [-0.4, -0.2) is 17.1 Å². The third kappa shape index (κ3) is 1.60. The molecule has 3 N–H and O–H groups in total. The van der Waals surface area contributed by atoms with Crippen LogP contribution in [0.1, 0.15) is 0 Å². The van der Waals surface area contributed by atoms with E-state index in [1.165, 1.54) is 0 Å². The molecule has 0 bridgehead atoms. The molecule has 0 rings (SSSR count).